The van der Waals surface area contributed by atoms with Gasteiger partial charge in [-0.05, 0) is 19.3 Å². The minimum absolute atomic E-state index is 0.0472. The number of sulfone groups is 1. The minimum atomic E-state index is -3.18. The zero-order valence-electron chi connectivity index (χ0n) is 10.1. The summed E-state index contributed by atoms with van der Waals surface area (Å²) in [5.41, 5.74) is 0. The third-order valence-corrected chi connectivity index (χ3v) is 5.44. The molecule has 0 bridgehead atoms. The molecule has 0 aromatic carbocycles. The van der Waals surface area contributed by atoms with Crippen molar-refractivity contribution in [3.05, 3.63) is 0 Å². The number of carbonyl (C=O) groups excluding carboxylic acids is 1. The van der Waals surface area contributed by atoms with Crippen molar-refractivity contribution in [2.75, 3.05) is 5.75 Å². The van der Waals surface area contributed by atoms with Crippen LogP contribution in [0.1, 0.15) is 58.3 Å². The molecule has 1 unspecified atom stereocenters. The summed E-state index contributed by atoms with van der Waals surface area (Å²) in [5, 5.41) is -0.688. The summed E-state index contributed by atoms with van der Waals surface area (Å²) < 4.78 is 24.0. The van der Waals surface area contributed by atoms with Gasteiger partial charge in [0.1, 0.15) is 5.25 Å². The molecule has 1 saturated carbocycles. The molecule has 0 aromatic rings. The second-order valence-corrected chi connectivity index (χ2v) is 6.93. The highest BCUT2D eigenvalue weighted by atomic mass is 32.2. The first-order chi connectivity index (χ1) is 7.58. The summed E-state index contributed by atoms with van der Waals surface area (Å²) in [6.07, 6.45) is 6.37. The first-order valence-corrected chi connectivity index (χ1v) is 8.03. The Balaban J connectivity index is 2.61. The molecule has 1 aliphatic rings. The molecule has 0 spiro atoms. The fraction of sp³-hybridized carbons (Fsp3) is 0.917. The smallest absolute Gasteiger partial charge is 0.160 e. The fourth-order valence-corrected chi connectivity index (χ4v) is 4.14. The average molecular weight is 246 g/mol. The van der Waals surface area contributed by atoms with Gasteiger partial charge in [0, 0.05) is 6.42 Å². The van der Waals surface area contributed by atoms with E-state index in [1.807, 2.05) is 6.92 Å². The van der Waals surface area contributed by atoms with E-state index in [1.165, 1.54) is 0 Å². The zero-order chi connectivity index (χ0) is 12.0. The molecule has 0 amide bonds. The predicted octanol–water partition coefficient (Wildman–Crippen LogP) is 2.49. The Morgan fingerprint density at radius 1 is 1.19 bits per heavy atom. The van der Waals surface area contributed by atoms with Crippen molar-refractivity contribution in [2.24, 2.45) is 0 Å². The monoisotopic (exact) mass is 246 g/mol. The highest BCUT2D eigenvalue weighted by Gasteiger charge is 2.32. The maximum Gasteiger partial charge on any atom is 0.160 e. The van der Waals surface area contributed by atoms with Crippen LogP contribution in [0.25, 0.3) is 0 Å². The third kappa shape index (κ3) is 3.89. The molecule has 0 saturated heterocycles. The van der Waals surface area contributed by atoms with Gasteiger partial charge in [0.2, 0.25) is 0 Å². The molecule has 1 rings (SSSR count). The number of carbonyl (C=O) groups is 1. The first kappa shape index (κ1) is 13.7. The lowest BCUT2D eigenvalue weighted by Gasteiger charge is -2.13. The number of ketones is 1. The van der Waals surface area contributed by atoms with Crippen LogP contribution in [0.15, 0.2) is 0 Å². The van der Waals surface area contributed by atoms with Crippen LogP contribution < -0.4 is 0 Å². The van der Waals surface area contributed by atoms with E-state index >= 15 is 0 Å². The second-order valence-electron chi connectivity index (χ2n) is 4.63. The van der Waals surface area contributed by atoms with Crippen LogP contribution in [0.5, 0.6) is 0 Å². The number of Topliss-reactive ketones (excluding diaryl/α,β-unsaturated/α-hetero) is 1. The third-order valence-electron chi connectivity index (χ3n) is 3.21. The van der Waals surface area contributed by atoms with E-state index in [1.54, 1.807) is 0 Å². The lowest BCUT2D eigenvalue weighted by molar-refractivity contribution is -0.118. The molecule has 0 aromatic heterocycles. The second kappa shape index (κ2) is 6.38. The van der Waals surface area contributed by atoms with Gasteiger partial charge < -0.3 is 0 Å². The van der Waals surface area contributed by atoms with E-state index in [2.05, 4.69) is 0 Å². The van der Waals surface area contributed by atoms with Gasteiger partial charge in [-0.1, -0.05) is 32.6 Å². The Labute approximate surface area is 98.5 Å². The first-order valence-electron chi connectivity index (χ1n) is 6.32. The summed E-state index contributed by atoms with van der Waals surface area (Å²) in [6, 6.07) is 0. The zero-order valence-corrected chi connectivity index (χ0v) is 10.9. The van der Waals surface area contributed by atoms with E-state index in [0.717, 1.165) is 32.1 Å². The van der Waals surface area contributed by atoms with Crippen LogP contribution in [0.4, 0.5) is 0 Å². The van der Waals surface area contributed by atoms with Crippen molar-refractivity contribution < 1.29 is 13.2 Å². The Hall–Kier alpha value is -0.380. The molecule has 16 heavy (non-hydrogen) atoms. The van der Waals surface area contributed by atoms with Crippen LogP contribution in [0.3, 0.4) is 0 Å². The van der Waals surface area contributed by atoms with Crippen molar-refractivity contribution in [3.8, 4) is 0 Å². The molecule has 0 N–H and O–H groups in total. The molecule has 1 atom stereocenters. The van der Waals surface area contributed by atoms with Crippen molar-refractivity contribution in [2.45, 2.75) is 63.5 Å². The Morgan fingerprint density at radius 3 is 2.62 bits per heavy atom. The Morgan fingerprint density at radius 2 is 1.94 bits per heavy atom. The van der Waals surface area contributed by atoms with E-state index in [9.17, 15) is 13.2 Å². The molecular formula is C12H22O3S. The van der Waals surface area contributed by atoms with Gasteiger partial charge in [-0.15, -0.1) is 0 Å². The molecular weight excluding hydrogens is 224 g/mol. The number of hydrogen-bond donors (Lipinski definition) is 0. The van der Waals surface area contributed by atoms with Crippen molar-refractivity contribution in [1.82, 2.24) is 0 Å². The summed E-state index contributed by atoms with van der Waals surface area (Å²) in [6.45, 7) is 2.05. The van der Waals surface area contributed by atoms with Gasteiger partial charge in [0.05, 0.1) is 5.75 Å². The average Bonchev–Trinajstić information content (AvgIpc) is 2.43. The van der Waals surface area contributed by atoms with E-state index < -0.39 is 15.1 Å². The van der Waals surface area contributed by atoms with E-state index in [4.69, 9.17) is 0 Å². The summed E-state index contributed by atoms with van der Waals surface area (Å²) in [4.78, 5) is 11.7. The maximum absolute atomic E-state index is 12.0. The van der Waals surface area contributed by atoms with E-state index in [0.29, 0.717) is 19.3 Å². The number of rotatable bonds is 5. The number of unbranched alkanes of at least 4 members (excludes halogenated alkanes) is 2. The van der Waals surface area contributed by atoms with Gasteiger partial charge in [0.25, 0.3) is 0 Å². The molecule has 1 fully saturated rings. The maximum atomic E-state index is 12.0. The topological polar surface area (TPSA) is 51.2 Å². The predicted molar refractivity (Wildman–Crippen MR) is 65.2 cm³/mol. The molecule has 0 heterocycles. The van der Waals surface area contributed by atoms with E-state index in [-0.39, 0.29) is 11.5 Å². The highest BCUT2D eigenvalue weighted by molar-refractivity contribution is 7.92. The molecule has 3 nitrogen and oxygen atoms in total. The van der Waals surface area contributed by atoms with Crippen LogP contribution in [0.2, 0.25) is 0 Å². The molecule has 94 valence electrons. The van der Waals surface area contributed by atoms with Crippen molar-refractivity contribution >= 4 is 15.6 Å². The van der Waals surface area contributed by atoms with Crippen molar-refractivity contribution in [3.63, 3.8) is 0 Å². The molecule has 1 aliphatic carbocycles. The Bertz CT molecular complexity index is 319. The summed E-state index contributed by atoms with van der Waals surface area (Å²) in [7, 11) is -3.18. The lowest BCUT2D eigenvalue weighted by Crippen LogP contribution is -2.31. The van der Waals surface area contributed by atoms with Gasteiger partial charge in [-0.2, -0.15) is 0 Å². The molecule has 0 radical (unpaired) electrons. The minimum Gasteiger partial charge on any atom is -0.298 e. The standard InChI is InChI=1S/C12H22O3S/c1-2-3-7-10-16(14,15)12-9-6-4-5-8-11(12)13/h12H,2-10H2,1H3. The van der Waals surface area contributed by atoms with Crippen LogP contribution in [-0.4, -0.2) is 25.2 Å². The van der Waals surface area contributed by atoms with Gasteiger partial charge in [-0.25, -0.2) is 8.42 Å². The number of hydrogen-bond acceptors (Lipinski definition) is 3. The summed E-state index contributed by atoms with van der Waals surface area (Å²) in [5.74, 6) is 0.144. The Kier molecular flexibility index (Phi) is 5.46. The molecule has 4 heteroatoms. The normalized spacial score (nSPS) is 23.1. The van der Waals surface area contributed by atoms with Gasteiger partial charge in [0.15, 0.2) is 15.6 Å². The largest absolute Gasteiger partial charge is 0.298 e. The van der Waals surface area contributed by atoms with Gasteiger partial charge >= 0.3 is 0 Å². The van der Waals surface area contributed by atoms with Crippen molar-refractivity contribution in [1.29, 1.82) is 0 Å². The summed E-state index contributed by atoms with van der Waals surface area (Å²) >= 11 is 0. The van der Waals surface area contributed by atoms with Crippen LogP contribution in [0, 0.1) is 0 Å². The molecule has 0 aliphatic heterocycles. The van der Waals surface area contributed by atoms with Gasteiger partial charge in [-0.3, -0.25) is 4.79 Å². The van der Waals surface area contributed by atoms with Crippen LogP contribution >= 0.6 is 0 Å². The highest BCUT2D eigenvalue weighted by Crippen LogP contribution is 2.21. The quantitative estimate of drug-likeness (QED) is 0.553. The fourth-order valence-electron chi connectivity index (χ4n) is 2.20. The van der Waals surface area contributed by atoms with Crippen LogP contribution in [-0.2, 0) is 14.6 Å². The lowest BCUT2D eigenvalue weighted by atomic mass is 10.2. The SMILES string of the molecule is CCCCCS(=O)(=O)C1CCCCCC1=O.